The van der Waals surface area contributed by atoms with Crippen LogP contribution in [0.25, 0.3) is 0 Å². The molecule has 1 fully saturated rings. The van der Waals surface area contributed by atoms with Crippen LogP contribution in [0.15, 0.2) is 0 Å². The predicted octanol–water partition coefficient (Wildman–Crippen LogP) is 1.68. The van der Waals surface area contributed by atoms with Crippen molar-refractivity contribution >= 4 is 22.4 Å². The maximum Gasteiger partial charge on any atom is 0.350 e. The Labute approximate surface area is 118 Å². The Bertz CT molecular complexity index is 441. The number of ether oxygens (including phenoxy) is 1. The third-order valence-corrected chi connectivity index (χ3v) is 4.37. The lowest BCUT2D eigenvalue weighted by Gasteiger charge is -2.39. The molecule has 0 bridgehead atoms. The highest BCUT2D eigenvalue weighted by Crippen LogP contribution is 2.30. The van der Waals surface area contributed by atoms with Crippen LogP contribution in [-0.2, 0) is 11.2 Å². The van der Waals surface area contributed by atoms with Crippen molar-refractivity contribution in [2.24, 2.45) is 0 Å². The van der Waals surface area contributed by atoms with E-state index in [9.17, 15) is 4.79 Å². The highest BCUT2D eigenvalue weighted by Gasteiger charge is 2.30. The van der Waals surface area contributed by atoms with Crippen molar-refractivity contribution in [1.82, 2.24) is 10.3 Å². The minimum absolute atomic E-state index is 0.276. The molecule has 1 N–H and O–H groups in total. The van der Waals surface area contributed by atoms with Crippen molar-refractivity contribution in [2.75, 3.05) is 31.6 Å². The molecule has 0 atom stereocenters. The quantitative estimate of drug-likeness (QED) is 0.805. The lowest BCUT2D eigenvalue weighted by molar-refractivity contribution is 0.0605. The normalized spacial score (nSPS) is 15.4. The van der Waals surface area contributed by atoms with E-state index < -0.39 is 0 Å². The Balaban J connectivity index is 1.99. The molecule has 0 spiro atoms. The van der Waals surface area contributed by atoms with Crippen molar-refractivity contribution < 1.29 is 9.53 Å². The van der Waals surface area contributed by atoms with Gasteiger partial charge in [0.15, 0.2) is 5.13 Å². The zero-order valence-corrected chi connectivity index (χ0v) is 12.5. The number of rotatable bonds is 6. The van der Waals surface area contributed by atoms with Crippen LogP contribution in [0, 0.1) is 0 Å². The summed E-state index contributed by atoms with van der Waals surface area (Å²) >= 11 is 1.44. The molecule has 0 aliphatic carbocycles. The largest absolute Gasteiger partial charge is 0.465 e. The topological polar surface area (TPSA) is 54.5 Å². The smallest absolute Gasteiger partial charge is 0.350 e. The number of thiazole rings is 1. The first kappa shape index (κ1) is 14.3. The summed E-state index contributed by atoms with van der Waals surface area (Å²) in [5, 5.41) is 4.42. The number of methoxy groups -OCH3 is 1. The number of carbonyl (C=O) groups is 1. The van der Waals surface area contributed by atoms with E-state index in [0.29, 0.717) is 10.9 Å². The number of carbonyl (C=O) groups excluding carboxylic acids is 1. The van der Waals surface area contributed by atoms with Gasteiger partial charge in [-0.25, -0.2) is 9.78 Å². The van der Waals surface area contributed by atoms with Crippen LogP contribution in [0.5, 0.6) is 0 Å². The van der Waals surface area contributed by atoms with Crippen molar-refractivity contribution in [2.45, 2.75) is 32.7 Å². The summed E-state index contributed by atoms with van der Waals surface area (Å²) in [7, 11) is 1.41. The van der Waals surface area contributed by atoms with Crippen LogP contribution in [-0.4, -0.2) is 43.7 Å². The highest BCUT2D eigenvalue weighted by molar-refractivity contribution is 7.17. The fourth-order valence-electron chi connectivity index (χ4n) is 2.08. The summed E-state index contributed by atoms with van der Waals surface area (Å²) in [6.07, 6.45) is 1.91. The van der Waals surface area contributed by atoms with Gasteiger partial charge in [0, 0.05) is 19.1 Å². The third kappa shape index (κ3) is 3.06. The van der Waals surface area contributed by atoms with Crippen LogP contribution in [0.3, 0.4) is 0 Å². The zero-order valence-electron chi connectivity index (χ0n) is 11.7. The molecular formula is C13H21N3O2S. The minimum atomic E-state index is -0.276. The van der Waals surface area contributed by atoms with Gasteiger partial charge in [0.1, 0.15) is 4.88 Å². The van der Waals surface area contributed by atoms with E-state index in [2.05, 4.69) is 22.1 Å². The molecule has 19 heavy (non-hydrogen) atoms. The van der Waals surface area contributed by atoms with Gasteiger partial charge in [-0.3, -0.25) is 0 Å². The predicted molar refractivity (Wildman–Crippen MR) is 77.1 cm³/mol. The molecule has 6 heteroatoms. The number of aromatic nitrogens is 1. The average molecular weight is 283 g/mol. The zero-order chi connectivity index (χ0) is 13.8. The number of hydrogen-bond acceptors (Lipinski definition) is 6. The molecule has 2 heterocycles. The van der Waals surface area contributed by atoms with E-state index >= 15 is 0 Å². The molecule has 5 nitrogen and oxygen atoms in total. The fraction of sp³-hybridized carbons (Fsp3) is 0.692. The Morgan fingerprint density at radius 3 is 2.84 bits per heavy atom. The summed E-state index contributed by atoms with van der Waals surface area (Å²) in [6.45, 7) is 7.17. The van der Waals surface area contributed by atoms with Crippen molar-refractivity contribution in [3.63, 3.8) is 0 Å². The molecule has 0 radical (unpaired) electrons. The second kappa shape index (κ2) is 6.34. The van der Waals surface area contributed by atoms with Gasteiger partial charge in [-0.05, 0) is 19.4 Å². The first-order chi connectivity index (χ1) is 9.19. The number of hydrogen-bond donors (Lipinski definition) is 1. The van der Waals surface area contributed by atoms with Crippen LogP contribution in [0.4, 0.5) is 5.13 Å². The molecule has 0 aromatic carbocycles. The SMILES string of the molecule is CCCNC1CN(c2nc(CC)c(C(=O)OC)s2)C1. The van der Waals surface area contributed by atoms with Gasteiger partial charge >= 0.3 is 5.97 Å². The van der Waals surface area contributed by atoms with Gasteiger partial charge in [-0.2, -0.15) is 0 Å². The molecule has 1 aromatic rings. The van der Waals surface area contributed by atoms with Gasteiger partial charge in [0.05, 0.1) is 12.8 Å². The maximum absolute atomic E-state index is 11.7. The fourth-order valence-corrected chi connectivity index (χ4v) is 3.17. The Morgan fingerprint density at radius 1 is 1.53 bits per heavy atom. The molecular weight excluding hydrogens is 262 g/mol. The summed E-state index contributed by atoms with van der Waals surface area (Å²) in [5.41, 5.74) is 0.844. The maximum atomic E-state index is 11.7. The summed E-state index contributed by atoms with van der Waals surface area (Å²) in [6, 6.07) is 0.551. The molecule has 1 aromatic heterocycles. The van der Waals surface area contributed by atoms with Crippen LogP contribution >= 0.6 is 11.3 Å². The van der Waals surface area contributed by atoms with E-state index in [-0.39, 0.29) is 5.97 Å². The molecule has 106 valence electrons. The van der Waals surface area contributed by atoms with Crippen LogP contribution in [0.1, 0.15) is 35.6 Å². The highest BCUT2D eigenvalue weighted by atomic mass is 32.1. The van der Waals surface area contributed by atoms with Gasteiger partial charge in [-0.15, -0.1) is 0 Å². The molecule has 1 aliphatic rings. The first-order valence-corrected chi connectivity index (χ1v) is 7.57. The van der Waals surface area contributed by atoms with Gasteiger partial charge < -0.3 is 15.0 Å². The minimum Gasteiger partial charge on any atom is -0.465 e. The van der Waals surface area contributed by atoms with Gasteiger partial charge in [0.25, 0.3) is 0 Å². The molecule has 0 unspecified atom stereocenters. The second-order valence-electron chi connectivity index (χ2n) is 4.67. The Kier molecular flexibility index (Phi) is 4.76. The van der Waals surface area contributed by atoms with Crippen molar-refractivity contribution in [3.05, 3.63) is 10.6 Å². The lowest BCUT2D eigenvalue weighted by atomic mass is 10.1. The van der Waals surface area contributed by atoms with E-state index in [1.165, 1.54) is 18.4 Å². The van der Waals surface area contributed by atoms with Crippen molar-refractivity contribution in [3.8, 4) is 0 Å². The van der Waals surface area contributed by atoms with Crippen LogP contribution in [0.2, 0.25) is 0 Å². The van der Waals surface area contributed by atoms with Crippen LogP contribution < -0.4 is 10.2 Å². The Hall–Kier alpha value is -1.14. The monoisotopic (exact) mass is 283 g/mol. The number of anilines is 1. The number of esters is 1. The molecule has 1 aliphatic heterocycles. The molecule has 2 rings (SSSR count). The molecule has 0 amide bonds. The van der Waals surface area contributed by atoms with E-state index in [1.54, 1.807) is 0 Å². The van der Waals surface area contributed by atoms with Crippen molar-refractivity contribution in [1.29, 1.82) is 0 Å². The lowest BCUT2D eigenvalue weighted by Crippen LogP contribution is -2.58. The van der Waals surface area contributed by atoms with E-state index in [4.69, 9.17) is 4.74 Å². The number of nitrogens with one attached hydrogen (secondary N) is 1. The van der Waals surface area contributed by atoms with Gasteiger partial charge in [-0.1, -0.05) is 25.2 Å². The first-order valence-electron chi connectivity index (χ1n) is 6.75. The second-order valence-corrected chi connectivity index (χ2v) is 5.65. The van der Waals surface area contributed by atoms with E-state index in [1.807, 2.05) is 6.92 Å². The van der Waals surface area contributed by atoms with E-state index in [0.717, 1.165) is 43.3 Å². The standard InChI is InChI=1S/C13H21N3O2S/c1-4-6-14-9-7-16(8-9)13-15-10(5-2)11(19-13)12(17)18-3/h9,14H,4-8H2,1-3H3. The Morgan fingerprint density at radius 2 is 2.26 bits per heavy atom. The third-order valence-electron chi connectivity index (χ3n) is 3.23. The molecule has 0 saturated carbocycles. The van der Waals surface area contributed by atoms with Gasteiger partial charge in [0.2, 0.25) is 0 Å². The summed E-state index contributed by atoms with van der Waals surface area (Å²) in [5.74, 6) is -0.276. The summed E-state index contributed by atoms with van der Waals surface area (Å²) < 4.78 is 4.80. The number of aryl methyl sites for hydroxylation is 1. The summed E-state index contributed by atoms with van der Waals surface area (Å²) in [4.78, 5) is 19.1. The average Bonchev–Trinajstić information content (AvgIpc) is 2.80. The number of nitrogens with zero attached hydrogens (tertiary/aromatic N) is 2. The molecule has 1 saturated heterocycles.